The van der Waals surface area contributed by atoms with Crippen molar-refractivity contribution < 1.29 is 19.5 Å². The van der Waals surface area contributed by atoms with Crippen LogP contribution in [-0.2, 0) is 16.0 Å². The van der Waals surface area contributed by atoms with Gasteiger partial charge in [-0.15, -0.1) is 0 Å². The molecule has 2 amide bonds. The molecule has 8 heteroatoms. The molecule has 3 atom stereocenters. The van der Waals surface area contributed by atoms with E-state index in [1.165, 1.54) is 0 Å². The predicted octanol–water partition coefficient (Wildman–Crippen LogP) is 5.82. The average molecular weight is 505 g/mol. The summed E-state index contributed by atoms with van der Waals surface area (Å²) in [5.41, 5.74) is 0.240. The summed E-state index contributed by atoms with van der Waals surface area (Å²) in [5.74, 6) is -1.71. The average Bonchev–Trinajstić information content (AvgIpc) is 2.99. The van der Waals surface area contributed by atoms with Crippen molar-refractivity contribution in [2.75, 3.05) is 5.32 Å². The van der Waals surface area contributed by atoms with Gasteiger partial charge in [0.1, 0.15) is 0 Å². The van der Waals surface area contributed by atoms with Crippen LogP contribution in [0, 0.1) is 16.7 Å². The van der Waals surface area contributed by atoms with Crippen LogP contribution in [0.15, 0.2) is 42.5 Å². The summed E-state index contributed by atoms with van der Waals surface area (Å²) >= 11 is 12.2. The van der Waals surface area contributed by atoms with Crippen molar-refractivity contribution in [1.82, 2.24) is 5.32 Å². The van der Waals surface area contributed by atoms with Crippen LogP contribution in [0.5, 0.6) is 0 Å². The highest BCUT2D eigenvalue weighted by atomic mass is 35.5. The van der Waals surface area contributed by atoms with Crippen molar-refractivity contribution in [3.8, 4) is 0 Å². The number of benzene rings is 2. The topological polar surface area (TPSA) is 95.5 Å². The lowest BCUT2D eigenvalue weighted by molar-refractivity contribution is -0.155. The SMILES string of the molecule is C[C@H](Cc1ccc(NC(=O)c2c(Cl)cccc2Cl)cc1)NC(=O)[C@H]1CC[C@@](C)(C(=O)O)C1(C)C. The van der Waals surface area contributed by atoms with Crippen molar-refractivity contribution in [1.29, 1.82) is 0 Å². The first-order valence-electron chi connectivity index (χ1n) is 11.2. The molecule has 0 radical (unpaired) electrons. The monoisotopic (exact) mass is 504 g/mol. The van der Waals surface area contributed by atoms with E-state index >= 15 is 0 Å². The van der Waals surface area contributed by atoms with Crippen LogP contribution in [0.3, 0.4) is 0 Å². The second-order valence-corrected chi connectivity index (χ2v) is 10.6. The van der Waals surface area contributed by atoms with Gasteiger partial charge in [0.15, 0.2) is 0 Å². The van der Waals surface area contributed by atoms with E-state index in [0.717, 1.165) is 5.56 Å². The van der Waals surface area contributed by atoms with Gasteiger partial charge in [-0.05, 0) is 68.4 Å². The number of carboxylic acids is 1. The van der Waals surface area contributed by atoms with E-state index < -0.39 is 22.7 Å². The Morgan fingerprint density at radius 2 is 1.65 bits per heavy atom. The molecular formula is C26H30Cl2N2O4. The van der Waals surface area contributed by atoms with Gasteiger partial charge in [0.2, 0.25) is 5.91 Å². The van der Waals surface area contributed by atoms with E-state index in [-0.39, 0.29) is 33.5 Å². The third kappa shape index (κ3) is 5.08. The van der Waals surface area contributed by atoms with Gasteiger partial charge in [0.25, 0.3) is 5.91 Å². The highest BCUT2D eigenvalue weighted by Gasteiger charge is 2.58. The zero-order chi connectivity index (χ0) is 25.3. The molecule has 1 aliphatic rings. The lowest BCUT2D eigenvalue weighted by Gasteiger charge is -2.38. The maximum absolute atomic E-state index is 13.0. The number of hydrogen-bond donors (Lipinski definition) is 3. The number of carboxylic acid groups (broad SMARTS) is 1. The van der Waals surface area contributed by atoms with Crippen molar-refractivity contribution >= 4 is 46.7 Å². The minimum Gasteiger partial charge on any atom is -0.481 e. The first-order chi connectivity index (χ1) is 15.9. The minimum atomic E-state index is -0.924. The lowest BCUT2D eigenvalue weighted by Crippen LogP contribution is -2.47. The number of hydrogen-bond acceptors (Lipinski definition) is 3. The Balaban J connectivity index is 1.59. The van der Waals surface area contributed by atoms with Gasteiger partial charge >= 0.3 is 5.97 Å². The highest BCUT2D eigenvalue weighted by Crippen LogP contribution is 2.56. The van der Waals surface area contributed by atoms with Crippen LogP contribution in [-0.4, -0.2) is 28.9 Å². The normalized spacial score (nSPS) is 22.1. The molecule has 1 fully saturated rings. The number of aliphatic carboxylic acids is 1. The van der Waals surface area contributed by atoms with Gasteiger partial charge < -0.3 is 15.7 Å². The number of rotatable bonds is 7. The number of nitrogens with one attached hydrogen (secondary N) is 2. The molecule has 6 nitrogen and oxygen atoms in total. The van der Waals surface area contributed by atoms with Crippen LogP contribution in [0.1, 0.15) is 56.5 Å². The van der Waals surface area contributed by atoms with Gasteiger partial charge in [-0.1, -0.05) is 55.2 Å². The van der Waals surface area contributed by atoms with Crippen LogP contribution >= 0.6 is 23.2 Å². The summed E-state index contributed by atoms with van der Waals surface area (Å²) in [7, 11) is 0. The fraction of sp³-hybridized carbons (Fsp3) is 0.423. The Bertz CT molecular complexity index is 1080. The molecule has 2 aromatic rings. The maximum Gasteiger partial charge on any atom is 0.309 e. The lowest BCUT2D eigenvalue weighted by atomic mass is 9.65. The molecule has 2 aromatic carbocycles. The molecular weight excluding hydrogens is 475 g/mol. The van der Waals surface area contributed by atoms with Crippen LogP contribution < -0.4 is 10.6 Å². The smallest absolute Gasteiger partial charge is 0.309 e. The molecule has 0 unspecified atom stereocenters. The van der Waals surface area contributed by atoms with E-state index in [0.29, 0.717) is 24.9 Å². The molecule has 0 bridgehead atoms. The summed E-state index contributed by atoms with van der Waals surface area (Å²) in [6, 6.07) is 12.1. The molecule has 34 heavy (non-hydrogen) atoms. The maximum atomic E-state index is 13.0. The summed E-state index contributed by atoms with van der Waals surface area (Å²) in [6.07, 6.45) is 1.63. The summed E-state index contributed by atoms with van der Waals surface area (Å²) < 4.78 is 0. The molecule has 1 saturated carbocycles. The van der Waals surface area contributed by atoms with Crippen LogP contribution in [0.2, 0.25) is 10.0 Å². The van der Waals surface area contributed by atoms with Crippen molar-refractivity contribution in [2.45, 2.75) is 53.0 Å². The molecule has 0 spiro atoms. The van der Waals surface area contributed by atoms with E-state index in [4.69, 9.17) is 23.2 Å². The third-order valence-electron chi connectivity index (χ3n) is 7.35. The number of amides is 2. The number of anilines is 1. The largest absolute Gasteiger partial charge is 0.481 e. The van der Waals surface area contributed by atoms with Gasteiger partial charge in [0.05, 0.1) is 21.0 Å². The van der Waals surface area contributed by atoms with Crippen LogP contribution in [0.4, 0.5) is 5.69 Å². The van der Waals surface area contributed by atoms with E-state index in [9.17, 15) is 19.5 Å². The Morgan fingerprint density at radius 1 is 1.06 bits per heavy atom. The molecule has 1 aliphatic carbocycles. The van der Waals surface area contributed by atoms with Crippen molar-refractivity contribution in [2.24, 2.45) is 16.7 Å². The molecule has 3 N–H and O–H groups in total. The molecule has 3 rings (SSSR count). The van der Waals surface area contributed by atoms with Crippen molar-refractivity contribution in [3.63, 3.8) is 0 Å². The molecule has 182 valence electrons. The Kier molecular flexibility index (Phi) is 7.63. The fourth-order valence-electron chi connectivity index (χ4n) is 4.72. The van der Waals surface area contributed by atoms with E-state index in [1.54, 1.807) is 37.3 Å². The number of carbonyl (C=O) groups is 3. The molecule has 0 heterocycles. The Labute approximate surface area is 210 Å². The second kappa shape index (κ2) is 9.96. The summed E-state index contributed by atoms with van der Waals surface area (Å²) in [5, 5.41) is 16.1. The first-order valence-corrected chi connectivity index (χ1v) is 12.0. The quantitative estimate of drug-likeness (QED) is 0.442. The third-order valence-corrected chi connectivity index (χ3v) is 7.98. The highest BCUT2D eigenvalue weighted by molar-refractivity contribution is 6.40. The zero-order valence-corrected chi connectivity index (χ0v) is 21.3. The molecule has 0 saturated heterocycles. The van der Waals surface area contributed by atoms with Gasteiger partial charge in [-0.3, -0.25) is 14.4 Å². The molecule has 0 aliphatic heterocycles. The first kappa shape index (κ1) is 26.0. The predicted molar refractivity (Wildman–Crippen MR) is 134 cm³/mol. The molecule has 0 aromatic heterocycles. The Hall–Kier alpha value is -2.57. The minimum absolute atomic E-state index is 0.108. The van der Waals surface area contributed by atoms with Gasteiger partial charge in [-0.25, -0.2) is 0 Å². The number of halogens is 2. The Morgan fingerprint density at radius 3 is 2.18 bits per heavy atom. The van der Waals surface area contributed by atoms with Gasteiger partial charge in [0, 0.05) is 17.6 Å². The summed E-state index contributed by atoms with van der Waals surface area (Å²) in [4.78, 5) is 37.3. The second-order valence-electron chi connectivity index (χ2n) is 9.81. The van der Waals surface area contributed by atoms with Gasteiger partial charge in [-0.2, -0.15) is 0 Å². The van der Waals surface area contributed by atoms with E-state index in [1.807, 2.05) is 32.9 Å². The van der Waals surface area contributed by atoms with Crippen molar-refractivity contribution in [3.05, 3.63) is 63.6 Å². The number of carbonyl (C=O) groups excluding carboxylic acids is 2. The fourth-order valence-corrected chi connectivity index (χ4v) is 5.29. The standard InChI is InChI=1S/C26H30Cl2N2O4/c1-15(29-22(31)18-12-13-26(4,24(33)34)25(18,2)3)14-16-8-10-17(11-9-16)30-23(32)21-19(27)6-5-7-20(21)28/h5-11,15,18H,12-14H2,1-4H3,(H,29,31)(H,30,32)(H,33,34)/t15-,18-,26+/m1/s1. The summed E-state index contributed by atoms with van der Waals surface area (Å²) in [6.45, 7) is 7.38. The zero-order valence-electron chi connectivity index (χ0n) is 19.7. The van der Waals surface area contributed by atoms with Crippen LogP contribution in [0.25, 0.3) is 0 Å². The van der Waals surface area contributed by atoms with E-state index in [2.05, 4.69) is 10.6 Å².